The van der Waals surface area contributed by atoms with Crippen LogP contribution in [0.5, 0.6) is 0 Å². The van der Waals surface area contributed by atoms with Crippen LogP contribution in [-0.4, -0.2) is 48.9 Å². The highest BCUT2D eigenvalue weighted by Gasteiger charge is 1.67. The van der Waals surface area contributed by atoms with Crippen LogP contribution < -0.4 is 0 Å². The van der Waals surface area contributed by atoms with Crippen molar-refractivity contribution >= 4 is 0 Å². The minimum absolute atomic E-state index is 0.122. The number of hydrogen-bond donors (Lipinski definition) is 3. The molecule has 0 unspecified atom stereocenters. The molecule has 0 bridgehead atoms. The van der Waals surface area contributed by atoms with E-state index in [9.17, 15) is 0 Å². The summed E-state index contributed by atoms with van der Waals surface area (Å²) >= 11 is 0. The zero-order valence-corrected chi connectivity index (χ0v) is 12.4. The molecule has 0 amide bonds. The molecule has 0 heterocycles. The smallest absolute Gasteiger partial charge is 0.0693 e. The summed E-state index contributed by atoms with van der Waals surface area (Å²) < 4.78 is 4.44. The summed E-state index contributed by atoms with van der Waals surface area (Å²) in [5.74, 6) is 0. The van der Waals surface area contributed by atoms with Gasteiger partial charge < -0.3 is 20.1 Å². The largest absolute Gasteiger partial charge is 0.394 e. The Morgan fingerprint density at radius 2 is 1.00 bits per heavy atom. The number of ether oxygens (including phenoxy) is 1. The van der Waals surface area contributed by atoms with Crippen LogP contribution in [0.15, 0.2) is 38.0 Å². The van der Waals surface area contributed by atoms with Crippen molar-refractivity contribution in [1.29, 1.82) is 0 Å². The third-order valence-electron chi connectivity index (χ3n) is 0.395. The zero-order chi connectivity index (χ0) is 15.7. The highest BCUT2D eigenvalue weighted by Crippen LogP contribution is 1.56. The molecule has 0 aromatic carbocycles. The van der Waals surface area contributed by atoms with Crippen molar-refractivity contribution in [2.75, 3.05) is 33.5 Å². The summed E-state index contributed by atoms with van der Waals surface area (Å²) in [6, 6.07) is 0. The third kappa shape index (κ3) is 702. The first-order valence-electron chi connectivity index (χ1n) is 5.60. The summed E-state index contributed by atoms with van der Waals surface area (Å²) in [4.78, 5) is 0. The molecule has 18 heavy (non-hydrogen) atoms. The van der Waals surface area contributed by atoms with Gasteiger partial charge in [0.25, 0.3) is 0 Å². The summed E-state index contributed by atoms with van der Waals surface area (Å²) in [6.07, 6.45) is 5.25. The number of allylic oxidation sites excluding steroid dienone is 3. The van der Waals surface area contributed by atoms with Gasteiger partial charge in [-0.05, 0) is 20.8 Å². The zero-order valence-electron chi connectivity index (χ0n) is 12.4. The molecular weight excluding hydrogens is 232 g/mol. The summed E-state index contributed by atoms with van der Waals surface area (Å²) in [5, 5.41) is 23.2. The Hall–Kier alpha value is -0.940. The van der Waals surface area contributed by atoms with Gasteiger partial charge >= 0.3 is 0 Å². The summed E-state index contributed by atoms with van der Waals surface area (Å²) in [7, 11) is 1.55. The van der Waals surface area contributed by atoms with Crippen LogP contribution in [0.2, 0.25) is 0 Å². The fourth-order valence-corrected chi connectivity index (χ4v) is 0.0913. The molecule has 0 aliphatic carbocycles. The molecule has 0 aromatic heterocycles. The normalized spacial score (nSPS) is 6.17. The van der Waals surface area contributed by atoms with Gasteiger partial charge in [-0.3, -0.25) is 0 Å². The molecule has 0 aromatic rings. The van der Waals surface area contributed by atoms with Gasteiger partial charge in [-0.1, -0.05) is 18.2 Å². The van der Waals surface area contributed by atoms with Gasteiger partial charge in [0.05, 0.1) is 26.4 Å². The SMILES string of the molecule is C=CC.C=CC.C=CC.COCCO.OCCO. The monoisotopic (exact) mass is 264 g/mol. The fourth-order valence-electron chi connectivity index (χ4n) is 0.0913. The lowest BCUT2D eigenvalue weighted by atomic mass is 10.8. The highest BCUT2D eigenvalue weighted by molar-refractivity contribution is 4.52. The third-order valence-corrected chi connectivity index (χ3v) is 0.395. The fraction of sp³-hybridized carbons (Fsp3) is 0.571. The first-order valence-corrected chi connectivity index (χ1v) is 5.60. The Bertz CT molecular complexity index is 96.1. The van der Waals surface area contributed by atoms with Crippen molar-refractivity contribution in [2.24, 2.45) is 0 Å². The maximum Gasteiger partial charge on any atom is 0.0693 e. The molecule has 3 N–H and O–H groups in total. The van der Waals surface area contributed by atoms with Gasteiger partial charge in [0.15, 0.2) is 0 Å². The second-order valence-corrected chi connectivity index (χ2v) is 2.39. The topological polar surface area (TPSA) is 69.9 Å². The molecule has 0 atom stereocenters. The van der Waals surface area contributed by atoms with Crippen LogP contribution in [0.4, 0.5) is 0 Å². The predicted molar refractivity (Wildman–Crippen MR) is 80.7 cm³/mol. The highest BCUT2D eigenvalue weighted by atomic mass is 16.5. The molecule has 0 saturated heterocycles. The molecule has 4 heteroatoms. The van der Waals surface area contributed by atoms with Crippen LogP contribution in [-0.2, 0) is 4.74 Å². The Morgan fingerprint density at radius 1 is 0.778 bits per heavy atom. The maximum atomic E-state index is 7.94. The van der Waals surface area contributed by atoms with Crippen molar-refractivity contribution in [3.8, 4) is 0 Å². The van der Waals surface area contributed by atoms with Crippen LogP contribution in [0.25, 0.3) is 0 Å². The molecule has 0 radical (unpaired) electrons. The van der Waals surface area contributed by atoms with Crippen molar-refractivity contribution in [1.82, 2.24) is 0 Å². The molecule has 0 spiro atoms. The van der Waals surface area contributed by atoms with Crippen molar-refractivity contribution in [2.45, 2.75) is 20.8 Å². The molecule has 0 saturated carbocycles. The van der Waals surface area contributed by atoms with Gasteiger partial charge in [0.1, 0.15) is 0 Å². The first-order chi connectivity index (χ1) is 8.57. The van der Waals surface area contributed by atoms with E-state index in [1.807, 2.05) is 20.8 Å². The lowest BCUT2D eigenvalue weighted by molar-refractivity contribution is 0.135. The van der Waals surface area contributed by atoms with Gasteiger partial charge in [0.2, 0.25) is 0 Å². The number of rotatable bonds is 3. The lowest BCUT2D eigenvalue weighted by Gasteiger charge is -1.84. The van der Waals surface area contributed by atoms with E-state index in [2.05, 4.69) is 24.5 Å². The van der Waals surface area contributed by atoms with Crippen LogP contribution >= 0.6 is 0 Å². The number of aliphatic hydroxyl groups is 3. The van der Waals surface area contributed by atoms with Crippen LogP contribution in [0.1, 0.15) is 20.8 Å². The van der Waals surface area contributed by atoms with E-state index < -0.39 is 0 Å². The minimum atomic E-state index is -0.125. The second kappa shape index (κ2) is 73.1. The predicted octanol–water partition coefficient (Wildman–Crippen LogP) is 2.17. The molecular formula is C14H32O4. The Labute approximate surface area is 113 Å². The van der Waals surface area contributed by atoms with E-state index in [0.717, 1.165) is 0 Å². The van der Waals surface area contributed by atoms with E-state index in [-0.39, 0.29) is 19.8 Å². The van der Waals surface area contributed by atoms with E-state index in [0.29, 0.717) is 6.61 Å². The maximum absolute atomic E-state index is 7.94. The first kappa shape index (κ1) is 30.3. The van der Waals surface area contributed by atoms with E-state index >= 15 is 0 Å². The Balaban J connectivity index is -0.0000000400. The lowest BCUT2D eigenvalue weighted by Crippen LogP contribution is -1.91. The number of aliphatic hydroxyl groups excluding tert-OH is 3. The summed E-state index contributed by atoms with van der Waals surface area (Å²) in [5.41, 5.74) is 0. The van der Waals surface area contributed by atoms with Crippen molar-refractivity contribution < 1.29 is 20.1 Å². The van der Waals surface area contributed by atoms with Gasteiger partial charge in [-0.25, -0.2) is 0 Å². The minimum Gasteiger partial charge on any atom is -0.394 e. The van der Waals surface area contributed by atoms with Gasteiger partial charge in [0, 0.05) is 7.11 Å². The standard InChI is InChI=1S/C3H8O2.3C3H6.C2H6O2/c1-5-3-2-4;3*1-3-2;3-1-2-4/h4H,2-3H2,1H3;3*3H,1H2,2H3;3-4H,1-2H2. The molecule has 0 aliphatic rings. The van der Waals surface area contributed by atoms with E-state index in [1.54, 1.807) is 25.3 Å². The Morgan fingerprint density at radius 3 is 1.00 bits per heavy atom. The summed E-state index contributed by atoms with van der Waals surface area (Å²) in [6.45, 7) is 16.1. The molecule has 0 rings (SSSR count). The van der Waals surface area contributed by atoms with Crippen molar-refractivity contribution in [3.63, 3.8) is 0 Å². The molecule has 4 nitrogen and oxygen atoms in total. The molecule has 0 fully saturated rings. The quantitative estimate of drug-likeness (QED) is 0.683. The molecule has 112 valence electrons. The van der Waals surface area contributed by atoms with Crippen LogP contribution in [0, 0.1) is 0 Å². The average Bonchev–Trinajstić information content (AvgIpc) is 2.33. The average molecular weight is 264 g/mol. The Kier molecular flexibility index (Phi) is 123. The molecule has 0 aliphatic heterocycles. The van der Waals surface area contributed by atoms with E-state index in [4.69, 9.17) is 15.3 Å². The van der Waals surface area contributed by atoms with Gasteiger partial charge in [-0.2, -0.15) is 0 Å². The van der Waals surface area contributed by atoms with Crippen LogP contribution in [0.3, 0.4) is 0 Å². The van der Waals surface area contributed by atoms with E-state index in [1.165, 1.54) is 0 Å². The number of methoxy groups -OCH3 is 1. The van der Waals surface area contributed by atoms with Gasteiger partial charge in [-0.15, -0.1) is 19.7 Å². The second-order valence-electron chi connectivity index (χ2n) is 2.39. The van der Waals surface area contributed by atoms with Crippen molar-refractivity contribution in [3.05, 3.63) is 38.0 Å². The number of hydrogen-bond acceptors (Lipinski definition) is 4.